The molecule has 0 bridgehead atoms. The van der Waals surface area contributed by atoms with Crippen molar-refractivity contribution in [3.63, 3.8) is 0 Å². The van der Waals surface area contributed by atoms with Crippen molar-refractivity contribution < 1.29 is 4.43 Å². The van der Waals surface area contributed by atoms with E-state index in [0.29, 0.717) is 5.04 Å². The number of rotatable bonds is 6. The highest BCUT2D eigenvalue weighted by atomic mass is 28.4. The molecule has 0 aromatic rings. The average molecular weight is 257 g/mol. The lowest BCUT2D eigenvalue weighted by Gasteiger charge is -2.50. The first-order valence-corrected chi connectivity index (χ1v) is 10.4. The summed E-state index contributed by atoms with van der Waals surface area (Å²) in [5, 5.41) is 0.402. The maximum Gasteiger partial charge on any atom is 0.00373 e. The van der Waals surface area contributed by atoms with E-state index in [-0.39, 0.29) is 0 Å². The van der Waals surface area contributed by atoms with E-state index >= 15 is 0 Å². The van der Waals surface area contributed by atoms with Gasteiger partial charge in [-0.3, -0.25) is 0 Å². The zero-order valence-corrected chi connectivity index (χ0v) is 13.6. The van der Waals surface area contributed by atoms with Gasteiger partial charge >= 0.3 is 0 Å². The first kappa shape index (κ1) is 15.2. The zero-order chi connectivity index (χ0) is 12.9. The molecule has 0 radical (unpaired) electrons. The van der Waals surface area contributed by atoms with Gasteiger partial charge in [0.15, 0.2) is 0 Å². The van der Waals surface area contributed by atoms with Gasteiger partial charge in [-0.2, -0.15) is 0 Å². The first-order chi connectivity index (χ1) is 7.89. The van der Waals surface area contributed by atoms with Crippen molar-refractivity contribution in [3.8, 4) is 0 Å². The van der Waals surface area contributed by atoms with E-state index in [0.717, 1.165) is 12.5 Å². The van der Waals surface area contributed by atoms with Crippen molar-refractivity contribution in [3.05, 3.63) is 0 Å². The lowest BCUT2D eigenvalue weighted by atomic mass is 9.87. The van der Waals surface area contributed by atoms with Crippen LogP contribution in [-0.4, -0.2) is 14.9 Å². The Morgan fingerprint density at radius 1 is 1.12 bits per heavy atom. The number of hydrogen-bond acceptors (Lipinski definition) is 1. The minimum Gasteiger partial charge on any atom is -0.564 e. The van der Waals surface area contributed by atoms with Crippen molar-refractivity contribution in [2.75, 3.05) is 6.61 Å². The van der Waals surface area contributed by atoms with Crippen LogP contribution in [0.3, 0.4) is 0 Å². The smallest absolute Gasteiger partial charge is 0.00373 e. The third kappa shape index (κ3) is 4.40. The predicted octanol–water partition coefficient (Wildman–Crippen LogP) is 5.37. The van der Waals surface area contributed by atoms with Gasteiger partial charge in [-0.05, 0) is 20.7 Å². The molecule has 0 aliphatic heterocycles. The first-order valence-electron chi connectivity index (χ1n) is 7.53. The Labute approximate surface area is 109 Å². The molecule has 103 valence electrons. The fourth-order valence-corrected chi connectivity index (χ4v) is 4.45. The monoisotopic (exact) mass is 256 g/mol. The van der Waals surface area contributed by atoms with E-state index in [1.54, 1.807) is 0 Å². The standard InChI is InChI=1S/C15H32OSi/c1-6-15(2,3)17(4,5)16-13-12-14-10-8-7-9-11-14/h14H,6-13H2,1-5H3/q-1. The minimum absolute atomic E-state index is 0.402. The second-order valence-electron chi connectivity index (χ2n) is 6.89. The maximum absolute atomic E-state index is 6.33. The third-order valence-electron chi connectivity index (χ3n) is 5.23. The van der Waals surface area contributed by atoms with Gasteiger partial charge in [0.2, 0.25) is 0 Å². The molecule has 1 fully saturated rings. The Bertz CT molecular complexity index is 217. The molecule has 0 N–H and O–H groups in total. The van der Waals surface area contributed by atoms with E-state index in [4.69, 9.17) is 4.43 Å². The summed E-state index contributed by atoms with van der Waals surface area (Å²) in [6.07, 6.45) is 9.79. The Morgan fingerprint density at radius 3 is 2.24 bits per heavy atom. The van der Waals surface area contributed by atoms with Gasteiger partial charge in [-0.1, -0.05) is 59.3 Å². The summed E-state index contributed by atoms with van der Waals surface area (Å²) in [5.41, 5.74) is 0. The lowest BCUT2D eigenvalue weighted by molar-refractivity contribution is 0.228. The summed E-state index contributed by atoms with van der Waals surface area (Å²) in [6.45, 7) is 12.8. The highest BCUT2D eigenvalue weighted by molar-refractivity contribution is 6.74. The summed E-state index contributed by atoms with van der Waals surface area (Å²) in [6, 6.07) is 0. The molecule has 1 aliphatic rings. The van der Waals surface area contributed by atoms with Crippen LogP contribution in [0.2, 0.25) is 18.1 Å². The largest absolute Gasteiger partial charge is 0.564 e. The summed E-state index contributed by atoms with van der Waals surface area (Å²) in [4.78, 5) is 0. The quantitative estimate of drug-likeness (QED) is 0.581. The fraction of sp³-hybridized carbons (Fsp3) is 1.00. The van der Waals surface area contributed by atoms with Gasteiger partial charge in [0.25, 0.3) is 0 Å². The van der Waals surface area contributed by atoms with Gasteiger partial charge in [0.05, 0.1) is 0 Å². The molecular weight excluding hydrogens is 224 g/mol. The van der Waals surface area contributed by atoms with Crippen molar-refractivity contribution in [1.29, 1.82) is 0 Å². The summed E-state index contributed by atoms with van der Waals surface area (Å²) in [7, 11) is -1.52. The SMILES string of the molecule is CCC(C)(C)[Si-](C)(C)OCCC1CCCCC1. The van der Waals surface area contributed by atoms with Crippen LogP contribution < -0.4 is 0 Å². The van der Waals surface area contributed by atoms with Crippen LogP contribution in [0.1, 0.15) is 65.7 Å². The molecular formula is C15H32OSi-. The van der Waals surface area contributed by atoms with Gasteiger partial charge in [-0.25, -0.2) is 0 Å². The van der Waals surface area contributed by atoms with Crippen LogP contribution in [0.4, 0.5) is 0 Å². The van der Waals surface area contributed by atoms with Crippen LogP contribution in [0.5, 0.6) is 0 Å². The molecule has 1 rings (SSSR count). The Hall–Kier alpha value is 0.177. The molecule has 0 spiro atoms. The molecule has 0 aromatic carbocycles. The fourth-order valence-electron chi connectivity index (χ4n) is 2.58. The lowest BCUT2D eigenvalue weighted by Crippen LogP contribution is -2.42. The molecule has 0 atom stereocenters. The van der Waals surface area contributed by atoms with E-state index < -0.39 is 8.32 Å². The molecule has 2 heteroatoms. The molecule has 1 aliphatic carbocycles. The van der Waals surface area contributed by atoms with Crippen molar-refractivity contribution in [1.82, 2.24) is 0 Å². The molecule has 1 nitrogen and oxygen atoms in total. The number of hydrogen-bond donors (Lipinski definition) is 0. The molecule has 0 heterocycles. The molecule has 0 aromatic heterocycles. The second kappa shape index (κ2) is 6.37. The Balaban J connectivity index is 2.29. The Morgan fingerprint density at radius 2 is 1.71 bits per heavy atom. The topological polar surface area (TPSA) is 9.23 Å². The van der Waals surface area contributed by atoms with Gasteiger partial charge in [0, 0.05) is 6.61 Å². The van der Waals surface area contributed by atoms with Gasteiger partial charge < -0.3 is 4.43 Å². The van der Waals surface area contributed by atoms with Gasteiger partial charge in [0.1, 0.15) is 0 Å². The highest BCUT2D eigenvalue weighted by Gasteiger charge is 2.27. The summed E-state index contributed by atoms with van der Waals surface area (Å²) < 4.78 is 6.33. The van der Waals surface area contributed by atoms with Crippen LogP contribution >= 0.6 is 0 Å². The van der Waals surface area contributed by atoms with Crippen LogP contribution in [0.15, 0.2) is 0 Å². The second-order valence-corrected chi connectivity index (χ2v) is 11.6. The molecule has 0 unspecified atom stereocenters. The van der Waals surface area contributed by atoms with E-state index in [1.165, 1.54) is 44.9 Å². The maximum atomic E-state index is 6.33. The summed E-state index contributed by atoms with van der Waals surface area (Å²) >= 11 is 0. The minimum atomic E-state index is -1.52. The Kier molecular flexibility index (Phi) is 5.71. The molecule has 17 heavy (non-hydrogen) atoms. The molecule has 0 saturated heterocycles. The van der Waals surface area contributed by atoms with Crippen molar-refractivity contribution >= 4 is 8.32 Å². The molecule has 1 saturated carbocycles. The highest BCUT2D eigenvalue weighted by Crippen LogP contribution is 2.41. The molecule has 0 amide bonds. The third-order valence-corrected chi connectivity index (χ3v) is 9.77. The van der Waals surface area contributed by atoms with Gasteiger partial charge in [-0.15, -0.1) is 18.1 Å². The van der Waals surface area contributed by atoms with Crippen LogP contribution in [0, 0.1) is 5.92 Å². The van der Waals surface area contributed by atoms with E-state index in [2.05, 4.69) is 33.9 Å². The average Bonchev–Trinajstić information content (AvgIpc) is 2.30. The normalized spacial score (nSPS) is 19.6. The van der Waals surface area contributed by atoms with Crippen molar-refractivity contribution in [2.45, 2.75) is 83.8 Å². The van der Waals surface area contributed by atoms with E-state index in [9.17, 15) is 0 Å². The van der Waals surface area contributed by atoms with Crippen LogP contribution in [0.25, 0.3) is 0 Å². The van der Waals surface area contributed by atoms with Crippen LogP contribution in [-0.2, 0) is 4.43 Å². The van der Waals surface area contributed by atoms with Crippen molar-refractivity contribution in [2.24, 2.45) is 5.92 Å². The zero-order valence-electron chi connectivity index (χ0n) is 12.6. The predicted molar refractivity (Wildman–Crippen MR) is 79.0 cm³/mol. The van der Waals surface area contributed by atoms with E-state index in [1.807, 2.05) is 0 Å². The summed E-state index contributed by atoms with van der Waals surface area (Å²) in [5.74, 6) is 0.957.